The second kappa shape index (κ2) is 4.59. The van der Waals surface area contributed by atoms with Crippen molar-refractivity contribution >= 4 is 17.3 Å². The van der Waals surface area contributed by atoms with E-state index in [1.54, 1.807) is 23.7 Å². The van der Waals surface area contributed by atoms with Crippen molar-refractivity contribution in [2.45, 2.75) is 0 Å². The van der Waals surface area contributed by atoms with E-state index in [0.717, 1.165) is 0 Å². The lowest BCUT2D eigenvalue weighted by atomic mass is 10.1. The highest BCUT2D eigenvalue weighted by atomic mass is 16.2. The Bertz CT molecular complexity index is 638. The summed E-state index contributed by atoms with van der Waals surface area (Å²) in [5.74, 6) is -0.323. The van der Waals surface area contributed by atoms with Crippen molar-refractivity contribution in [3.05, 3.63) is 42.0 Å². The van der Waals surface area contributed by atoms with E-state index in [1.807, 2.05) is 6.07 Å². The molecule has 0 bridgehead atoms. The van der Waals surface area contributed by atoms with Crippen molar-refractivity contribution in [3.63, 3.8) is 0 Å². The molecule has 90 valence electrons. The average molecular weight is 241 g/mol. The predicted molar refractivity (Wildman–Crippen MR) is 66.7 cm³/mol. The lowest BCUT2D eigenvalue weighted by Crippen LogP contribution is -2.16. The summed E-state index contributed by atoms with van der Waals surface area (Å²) in [6.07, 6.45) is 2.99. The number of carbonyl (C=O) groups excluding carboxylic acids is 1. The van der Waals surface area contributed by atoms with Crippen LogP contribution in [0.3, 0.4) is 0 Å². The maximum atomic E-state index is 11.9. The maximum Gasteiger partial charge on any atom is 0.273 e. The molecule has 0 fully saturated rings. The third-order valence-corrected chi connectivity index (χ3v) is 2.46. The first kappa shape index (κ1) is 11.7. The van der Waals surface area contributed by atoms with Gasteiger partial charge in [-0.25, -0.2) is 4.98 Å². The zero-order chi connectivity index (χ0) is 13.1. The molecule has 0 unspecified atom stereocenters. The van der Waals surface area contributed by atoms with Gasteiger partial charge in [-0.2, -0.15) is 5.26 Å². The fourth-order valence-corrected chi connectivity index (χ4v) is 1.53. The van der Waals surface area contributed by atoms with Crippen molar-refractivity contribution in [3.8, 4) is 6.07 Å². The zero-order valence-electron chi connectivity index (χ0n) is 9.71. The van der Waals surface area contributed by atoms with Gasteiger partial charge in [-0.05, 0) is 18.2 Å². The molecule has 2 aromatic rings. The molecule has 0 aliphatic carbocycles. The smallest absolute Gasteiger partial charge is 0.273 e. The van der Waals surface area contributed by atoms with E-state index in [4.69, 9.17) is 11.0 Å². The minimum atomic E-state index is -0.323. The van der Waals surface area contributed by atoms with Gasteiger partial charge in [-0.1, -0.05) is 0 Å². The SMILES string of the molecule is Cn1cncc1C(=O)Nc1ccc(N)cc1C#N. The van der Waals surface area contributed by atoms with E-state index in [9.17, 15) is 4.79 Å². The summed E-state index contributed by atoms with van der Waals surface area (Å²) >= 11 is 0. The van der Waals surface area contributed by atoms with Gasteiger partial charge in [0, 0.05) is 12.7 Å². The van der Waals surface area contributed by atoms with Crippen LogP contribution in [0.4, 0.5) is 11.4 Å². The summed E-state index contributed by atoms with van der Waals surface area (Å²) in [7, 11) is 1.72. The number of nitrogens with one attached hydrogen (secondary N) is 1. The Balaban J connectivity index is 2.28. The standard InChI is InChI=1S/C12H11N5O/c1-17-7-15-6-11(17)12(18)16-10-3-2-9(14)4-8(10)5-13/h2-4,6-7H,14H2,1H3,(H,16,18). The van der Waals surface area contributed by atoms with Gasteiger partial charge < -0.3 is 15.6 Å². The molecule has 0 atom stereocenters. The van der Waals surface area contributed by atoms with Crippen LogP contribution in [-0.2, 0) is 7.05 Å². The molecule has 18 heavy (non-hydrogen) atoms. The number of aryl methyl sites for hydroxylation is 1. The summed E-state index contributed by atoms with van der Waals surface area (Å²) in [6, 6.07) is 6.72. The zero-order valence-corrected chi connectivity index (χ0v) is 9.71. The third kappa shape index (κ3) is 2.15. The summed E-state index contributed by atoms with van der Waals surface area (Å²) < 4.78 is 1.60. The van der Waals surface area contributed by atoms with Crippen molar-refractivity contribution in [1.29, 1.82) is 5.26 Å². The normalized spacial score (nSPS) is 9.78. The van der Waals surface area contributed by atoms with Crippen LogP contribution < -0.4 is 11.1 Å². The molecule has 1 amide bonds. The molecule has 1 aromatic heterocycles. The number of rotatable bonds is 2. The third-order valence-electron chi connectivity index (χ3n) is 2.46. The lowest BCUT2D eigenvalue weighted by molar-refractivity contribution is 0.101. The first-order valence-electron chi connectivity index (χ1n) is 5.19. The largest absolute Gasteiger partial charge is 0.399 e. The van der Waals surface area contributed by atoms with E-state index in [0.29, 0.717) is 22.6 Å². The molecule has 0 saturated carbocycles. The number of nitrogens with zero attached hydrogens (tertiary/aromatic N) is 3. The topological polar surface area (TPSA) is 96.7 Å². The van der Waals surface area contributed by atoms with Crippen LogP contribution >= 0.6 is 0 Å². The number of nitrogens with two attached hydrogens (primary N) is 1. The van der Waals surface area contributed by atoms with Crippen LogP contribution in [0.25, 0.3) is 0 Å². The van der Waals surface area contributed by atoms with Gasteiger partial charge in [0.15, 0.2) is 0 Å². The molecule has 0 spiro atoms. The molecule has 6 nitrogen and oxygen atoms in total. The minimum absolute atomic E-state index is 0.323. The number of nitrogen functional groups attached to an aromatic ring is 1. The number of imidazole rings is 1. The Morgan fingerprint density at radius 1 is 1.56 bits per heavy atom. The first-order chi connectivity index (χ1) is 8.61. The highest BCUT2D eigenvalue weighted by Gasteiger charge is 2.12. The fraction of sp³-hybridized carbons (Fsp3) is 0.0833. The van der Waals surface area contributed by atoms with E-state index in [1.165, 1.54) is 18.6 Å². The van der Waals surface area contributed by atoms with Gasteiger partial charge in [0.25, 0.3) is 5.91 Å². The second-order valence-electron chi connectivity index (χ2n) is 3.76. The predicted octanol–water partition coefficient (Wildman–Crippen LogP) is 1.13. The fourth-order valence-electron chi connectivity index (χ4n) is 1.53. The average Bonchev–Trinajstić information content (AvgIpc) is 2.77. The van der Waals surface area contributed by atoms with Crippen LogP contribution in [-0.4, -0.2) is 15.5 Å². The van der Waals surface area contributed by atoms with Gasteiger partial charge in [0.2, 0.25) is 0 Å². The number of amides is 1. The summed E-state index contributed by atoms with van der Waals surface area (Å²) in [5, 5.41) is 11.6. The minimum Gasteiger partial charge on any atom is -0.399 e. The van der Waals surface area contributed by atoms with Crippen LogP contribution in [0.1, 0.15) is 16.1 Å². The van der Waals surface area contributed by atoms with Crippen molar-refractivity contribution < 1.29 is 4.79 Å². The summed E-state index contributed by atoms with van der Waals surface area (Å²) in [6.45, 7) is 0. The van der Waals surface area contributed by atoms with Crippen LogP contribution in [0.2, 0.25) is 0 Å². The Morgan fingerprint density at radius 3 is 2.94 bits per heavy atom. The van der Waals surface area contributed by atoms with E-state index in [-0.39, 0.29) is 5.91 Å². The van der Waals surface area contributed by atoms with Crippen molar-refractivity contribution in [2.24, 2.45) is 7.05 Å². The molecule has 1 aromatic carbocycles. The molecule has 2 rings (SSSR count). The quantitative estimate of drug-likeness (QED) is 0.770. The Morgan fingerprint density at radius 2 is 2.33 bits per heavy atom. The number of aromatic nitrogens is 2. The number of anilines is 2. The Hall–Kier alpha value is -2.81. The lowest BCUT2D eigenvalue weighted by Gasteiger charge is -2.07. The summed E-state index contributed by atoms with van der Waals surface area (Å²) in [5.41, 5.74) is 7.22. The Kier molecular flexibility index (Phi) is 2.98. The molecular formula is C12H11N5O. The van der Waals surface area contributed by atoms with E-state index >= 15 is 0 Å². The highest BCUT2D eigenvalue weighted by molar-refractivity contribution is 6.03. The molecule has 0 aliphatic rings. The molecular weight excluding hydrogens is 230 g/mol. The Labute approximate surface area is 104 Å². The summed E-state index contributed by atoms with van der Waals surface area (Å²) in [4.78, 5) is 15.8. The number of carbonyl (C=O) groups is 1. The monoisotopic (exact) mass is 241 g/mol. The van der Waals surface area contributed by atoms with Crippen LogP contribution in [0.5, 0.6) is 0 Å². The number of benzene rings is 1. The molecule has 6 heteroatoms. The second-order valence-corrected chi connectivity index (χ2v) is 3.76. The van der Waals surface area contributed by atoms with Crippen LogP contribution in [0, 0.1) is 11.3 Å². The van der Waals surface area contributed by atoms with Crippen LogP contribution in [0.15, 0.2) is 30.7 Å². The van der Waals surface area contributed by atoms with Gasteiger partial charge in [0.1, 0.15) is 11.8 Å². The van der Waals surface area contributed by atoms with Gasteiger partial charge in [0.05, 0.1) is 23.8 Å². The van der Waals surface area contributed by atoms with Gasteiger partial charge >= 0.3 is 0 Å². The number of nitriles is 1. The number of hydrogen-bond donors (Lipinski definition) is 2. The molecule has 0 aliphatic heterocycles. The molecule has 0 radical (unpaired) electrons. The number of hydrogen-bond acceptors (Lipinski definition) is 4. The van der Waals surface area contributed by atoms with Crippen molar-refractivity contribution in [1.82, 2.24) is 9.55 Å². The molecule has 1 heterocycles. The van der Waals surface area contributed by atoms with E-state index in [2.05, 4.69) is 10.3 Å². The maximum absolute atomic E-state index is 11.9. The highest BCUT2D eigenvalue weighted by Crippen LogP contribution is 2.18. The molecule has 3 N–H and O–H groups in total. The van der Waals surface area contributed by atoms with Gasteiger partial charge in [-0.15, -0.1) is 0 Å². The van der Waals surface area contributed by atoms with Gasteiger partial charge in [-0.3, -0.25) is 4.79 Å². The van der Waals surface area contributed by atoms with E-state index < -0.39 is 0 Å². The molecule has 0 saturated heterocycles. The van der Waals surface area contributed by atoms with Crippen molar-refractivity contribution in [2.75, 3.05) is 11.1 Å². The first-order valence-corrected chi connectivity index (χ1v) is 5.19.